The predicted molar refractivity (Wildman–Crippen MR) is 69.3 cm³/mol. The van der Waals surface area contributed by atoms with E-state index in [1.165, 1.54) is 0 Å². The molecule has 0 aliphatic rings. The number of amides is 1. The van der Waals surface area contributed by atoms with Crippen LogP contribution in [0, 0.1) is 11.3 Å². The molecule has 0 saturated heterocycles. The van der Waals surface area contributed by atoms with E-state index in [-0.39, 0.29) is 12.3 Å². The van der Waals surface area contributed by atoms with Crippen LogP contribution < -0.4 is 10.1 Å². The first-order valence-corrected chi connectivity index (χ1v) is 6.01. The number of carbonyl (C=O) groups is 1. The number of nitrogens with zero attached hydrogens (tertiary/aromatic N) is 1. The number of rotatable bonds is 6. The van der Waals surface area contributed by atoms with Crippen LogP contribution in [0.4, 0.5) is 0 Å². The fourth-order valence-electron chi connectivity index (χ4n) is 1.62. The Bertz CT molecular complexity index is 438. The molecular formula is C14H18N2O2. The van der Waals surface area contributed by atoms with Crippen molar-refractivity contribution >= 4 is 5.91 Å². The highest BCUT2D eigenvalue weighted by atomic mass is 16.5. The molecule has 1 unspecified atom stereocenters. The van der Waals surface area contributed by atoms with Crippen LogP contribution in [-0.2, 0) is 4.79 Å². The van der Waals surface area contributed by atoms with Crippen LogP contribution in [0.25, 0.3) is 0 Å². The molecule has 1 aromatic carbocycles. The van der Waals surface area contributed by atoms with Crippen molar-refractivity contribution in [1.82, 2.24) is 5.32 Å². The first kappa shape index (κ1) is 14.0. The Balaban J connectivity index is 2.71. The van der Waals surface area contributed by atoms with Gasteiger partial charge >= 0.3 is 0 Å². The Morgan fingerprint density at radius 1 is 1.56 bits per heavy atom. The lowest BCUT2D eigenvalue weighted by Gasteiger charge is -2.10. The second-order valence-electron chi connectivity index (χ2n) is 4.01. The van der Waals surface area contributed by atoms with E-state index in [0.29, 0.717) is 12.3 Å². The highest BCUT2D eigenvalue weighted by Gasteiger charge is 2.15. The molecule has 4 heteroatoms. The number of carbonyl (C=O) groups excluding carboxylic acids is 1. The van der Waals surface area contributed by atoms with Crippen LogP contribution in [0.15, 0.2) is 24.3 Å². The Hall–Kier alpha value is -2.02. The number of hydrogen-bond acceptors (Lipinski definition) is 3. The summed E-state index contributed by atoms with van der Waals surface area (Å²) < 4.78 is 5.11. The Morgan fingerprint density at radius 3 is 2.94 bits per heavy atom. The third kappa shape index (κ3) is 4.10. The second-order valence-corrected chi connectivity index (χ2v) is 4.01. The summed E-state index contributed by atoms with van der Waals surface area (Å²) in [4.78, 5) is 11.6. The van der Waals surface area contributed by atoms with Crippen molar-refractivity contribution in [2.24, 2.45) is 0 Å². The molecule has 0 fully saturated rings. The van der Waals surface area contributed by atoms with E-state index in [0.717, 1.165) is 12.0 Å². The van der Waals surface area contributed by atoms with Crippen LogP contribution in [-0.4, -0.2) is 19.6 Å². The SMILES string of the molecule is CCCNC(=O)CC(C#N)c1cccc(OC)c1. The molecule has 0 bridgehead atoms. The second kappa shape index (κ2) is 7.33. The minimum atomic E-state index is -0.433. The Kier molecular flexibility index (Phi) is 5.72. The fraction of sp³-hybridized carbons (Fsp3) is 0.429. The molecule has 0 aromatic heterocycles. The van der Waals surface area contributed by atoms with Gasteiger partial charge in [-0.3, -0.25) is 4.79 Å². The van der Waals surface area contributed by atoms with Gasteiger partial charge < -0.3 is 10.1 Å². The van der Waals surface area contributed by atoms with Crippen LogP contribution in [0.3, 0.4) is 0 Å². The minimum Gasteiger partial charge on any atom is -0.497 e. The molecule has 1 atom stereocenters. The standard InChI is InChI=1S/C14H18N2O2/c1-3-7-16-14(17)9-12(10-15)11-5-4-6-13(8-11)18-2/h4-6,8,12H,3,7,9H2,1-2H3,(H,16,17). The Labute approximate surface area is 108 Å². The van der Waals surface area contributed by atoms with Gasteiger partial charge in [-0.1, -0.05) is 19.1 Å². The van der Waals surface area contributed by atoms with Gasteiger partial charge in [-0.15, -0.1) is 0 Å². The number of nitrogens with one attached hydrogen (secondary N) is 1. The van der Waals surface area contributed by atoms with Gasteiger partial charge in [0, 0.05) is 13.0 Å². The van der Waals surface area contributed by atoms with E-state index < -0.39 is 5.92 Å². The van der Waals surface area contributed by atoms with Gasteiger partial charge in [0.1, 0.15) is 5.75 Å². The van der Waals surface area contributed by atoms with Crippen LogP contribution in [0.5, 0.6) is 5.75 Å². The molecule has 4 nitrogen and oxygen atoms in total. The highest BCUT2D eigenvalue weighted by molar-refractivity contribution is 5.77. The molecule has 0 aliphatic heterocycles. The fourth-order valence-corrected chi connectivity index (χ4v) is 1.62. The lowest BCUT2D eigenvalue weighted by Crippen LogP contribution is -2.25. The quantitative estimate of drug-likeness (QED) is 0.837. The summed E-state index contributed by atoms with van der Waals surface area (Å²) in [7, 11) is 1.58. The van der Waals surface area contributed by atoms with E-state index in [1.54, 1.807) is 13.2 Å². The molecule has 18 heavy (non-hydrogen) atoms. The zero-order valence-electron chi connectivity index (χ0n) is 10.8. The van der Waals surface area contributed by atoms with Crippen molar-refractivity contribution in [1.29, 1.82) is 5.26 Å². The van der Waals surface area contributed by atoms with Crippen molar-refractivity contribution in [3.63, 3.8) is 0 Å². The van der Waals surface area contributed by atoms with Crippen LogP contribution >= 0.6 is 0 Å². The molecule has 0 aliphatic carbocycles. The molecular weight excluding hydrogens is 228 g/mol. The maximum absolute atomic E-state index is 11.6. The summed E-state index contributed by atoms with van der Waals surface area (Å²) >= 11 is 0. The lowest BCUT2D eigenvalue weighted by atomic mass is 9.96. The van der Waals surface area contributed by atoms with Gasteiger partial charge in [0.2, 0.25) is 5.91 Å². The van der Waals surface area contributed by atoms with Crippen molar-refractivity contribution in [2.75, 3.05) is 13.7 Å². The lowest BCUT2D eigenvalue weighted by molar-refractivity contribution is -0.121. The van der Waals surface area contributed by atoms with Gasteiger partial charge in [-0.05, 0) is 24.1 Å². The number of methoxy groups -OCH3 is 1. The zero-order valence-corrected chi connectivity index (χ0v) is 10.8. The average Bonchev–Trinajstić information content (AvgIpc) is 2.42. The van der Waals surface area contributed by atoms with Crippen molar-refractivity contribution in [2.45, 2.75) is 25.7 Å². The molecule has 1 amide bonds. The summed E-state index contributed by atoms with van der Waals surface area (Å²) in [6.07, 6.45) is 1.08. The summed E-state index contributed by atoms with van der Waals surface area (Å²) in [6, 6.07) is 9.43. The van der Waals surface area contributed by atoms with Gasteiger partial charge in [0.05, 0.1) is 19.1 Å². The number of nitriles is 1. The monoisotopic (exact) mass is 246 g/mol. The number of ether oxygens (including phenoxy) is 1. The molecule has 0 heterocycles. The molecule has 0 saturated carbocycles. The molecule has 1 N–H and O–H groups in total. The first-order chi connectivity index (χ1) is 8.71. The van der Waals surface area contributed by atoms with Crippen LogP contribution in [0.1, 0.15) is 31.2 Å². The largest absolute Gasteiger partial charge is 0.497 e. The van der Waals surface area contributed by atoms with Crippen LogP contribution in [0.2, 0.25) is 0 Å². The Morgan fingerprint density at radius 2 is 2.33 bits per heavy atom. The molecule has 96 valence electrons. The third-order valence-electron chi connectivity index (χ3n) is 2.61. The van der Waals surface area contributed by atoms with Gasteiger partial charge in [0.25, 0.3) is 0 Å². The molecule has 1 aromatic rings. The smallest absolute Gasteiger partial charge is 0.221 e. The molecule has 1 rings (SSSR count). The minimum absolute atomic E-state index is 0.0915. The third-order valence-corrected chi connectivity index (χ3v) is 2.61. The zero-order chi connectivity index (χ0) is 13.4. The van der Waals surface area contributed by atoms with Crippen molar-refractivity contribution in [3.05, 3.63) is 29.8 Å². The first-order valence-electron chi connectivity index (χ1n) is 6.01. The maximum Gasteiger partial charge on any atom is 0.221 e. The van der Waals surface area contributed by atoms with Crippen molar-refractivity contribution in [3.8, 4) is 11.8 Å². The van der Waals surface area contributed by atoms with Gasteiger partial charge in [0.15, 0.2) is 0 Å². The van der Waals surface area contributed by atoms with Gasteiger partial charge in [-0.25, -0.2) is 0 Å². The van der Waals surface area contributed by atoms with E-state index in [1.807, 2.05) is 25.1 Å². The summed E-state index contributed by atoms with van der Waals surface area (Å²) in [5.74, 6) is 0.171. The number of benzene rings is 1. The van der Waals surface area contributed by atoms with Crippen molar-refractivity contribution < 1.29 is 9.53 Å². The average molecular weight is 246 g/mol. The van der Waals surface area contributed by atoms with E-state index in [2.05, 4.69) is 11.4 Å². The summed E-state index contributed by atoms with van der Waals surface area (Å²) in [6.45, 7) is 2.64. The van der Waals surface area contributed by atoms with E-state index >= 15 is 0 Å². The molecule has 0 spiro atoms. The van der Waals surface area contributed by atoms with Gasteiger partial charge in [-0.2, -0.15) is 5.26 Å². The number of hydrogen-bond donors (Lipinski definition) is 1. The maximum atomic E-state index is 11.6. The van der Waals surface area contributed by atoms with E-state index in [9.17, 15) is 4.79 Å². The summed E-state index contributed by atoms with van der Waals surface area (Å²) in [5.41, 5.74) is 0.809. The molecule has 0 radical (unpaired) electrons. The highest BCUT2D eigenvalue weighted by Crippen LogP contribution is 2.22. The summed E-state index contributed by atoms with van der Waals surface area (Å²) in [5, 5.41) is 11.9. The van der Waals surface area contributed by atoms with E-state index in [4.69, 9.17) is 10.00 Å². The topological polar surface area (TPSA) is 62.1 Å². The normalized spacial score (nSPS) is 11.4. The predicted octanol–water partition coefficient (Wildman–Crippen LogP) is 2.22.